The first-order valence-electron chi connectivity index (χ1n) is 9.40. The van der Waals surface area contributed by atoms with E-state index in [1.165, 1.54) is 6.33 Å². The van der Waals surface area contributed by atoms with E-state index in [0.717, 1.165) is 0 Å². The molecule has 2 aliphatic rings. The van der Waals surface area contributed by atoms with Crippen LogP contribution in [0, 0.1) is 0 Å². The number of ether oxygens (including phenoxy) is 3. The Morgan fingerprint density at radius 1 is 1.23 bits per heavy atom. The van der Waals surface area contributed by atoms with E-state index in [1.54, 1.807) is 42.1 Å². The van der Waals surface area contributed by atoms with E-state index in [2.05, 4.69) is 15.0 Å². The Balaban J connectivity index is 1.36. The Hall–Kier alpha value is -3.34. The number of anilines is 1. The highest BCUT2D eigenvalue weighted by atomic mass is 31.1. The second-order valence-electron chi connectivity index (χ2n) is 6.98. The lowest BCUT2D eigenvalue weighted by Gasteiger charge is -2.17. The van der Waals surface area contributed by atoms with Gasteiger partial charge in [-0.1, -0.05) is 23.2 Å². The average Bonchev–Trinajstić information content (AvgIpc) is 3.42. The minimum atomic E-state index is -2.49. The maximum atomic E-state index is 12.3. The number of hydrogen-bond acceptors (Lipinski definition) is 10. The summed E-state index contributed by atoms with van der Waals surface area (Å²) in [6.45, 7) is 1.65. The first kappa shape index (κ1) is 19.6. The number of carbonyl (C=O) groups is 1. The Bertz CT molecular complexity index is 1140. The zero-order valence-electron chi connectivity index (χ0n) is 16.2. The number of H-pyrrole nitrogens is 1. The topological polar surface area (TPSA) is 152 Å². The summed E-state index contributed by atoms with van der Waals surface area (Å²) >= 11 is 0. The number of rotatable bonds is 6. The fraction of sp³-hybridized carbons (Fsp3) is 0.333. The van der Waals surface area contributed by atoms with Gasteiger partial charge in [0.2, 0.25) is 17.8 Å². The summed E-state index contributed by atoms with van der Waals surface area (Å²) in [6.07, 6.45) is -1.73. The summed E-state index contributed by atoms with van der Waals surface area (Å²) in [6, 6.07) is 8.63. The minimum Gasteiger partial charge on any atom is -0.424 e. The number of aromatic nitrogens is 4. The average molecular weight is 447 g/mol. The van der Waals surface area contributed by atoms with Crippen molar-refractivity contribution in [3.05, 3.63) is 43.0 Å². The molecule has 6 unspecified atom stereocenters. The molecule has 13 heteroatoms. The number of carbonyl (C=O) groups excluding carboxylic acids is 1. The Morgan fingerprint density at radius 2 is 2.00 bits per heavy atom. The molecule has 0 saturated carbocycles. The van der Waals surface area contributed by atoms with Crippen LogP contribution in [-0.4, -0.2) is 45.5 Å². The van der Waals surface area contributed by atoms with E-state index in [4.69, 9.17) is 29.0 Å². The van der Waals surface area contributed by atoms with Crippen molar-refractivity contribution in [2.24, 2.45) is 0 Å². The third-order valence-electron chi connectivity index (χ3n) is 5.05. The van der Waals surface area contributed by atoms with Gasteiger partial charge in [-0.3, -0.25) is 4.98 Å². The molecular weight excluding hydrogens is 429 g/mol. The van der Waals surface area contributed by atoms with Crippen LogP contribution in [0.1, 0.15) is 13.2 Å². The van der Waals surface area contributed by atoms with Gasteiger partial charge in [0.25, 0.3) is 0 Å². The van der Waals surface area contributed by atoms with E-state index in [-0.39, 0.29) is 5.82 Å². The highest BCUT2D eigenvalue weighted by molar-refractivity contribution is 7.33. The van der Waals surface area contributed by atoms with Crippen LogP contribution in [0.5, 0.6) is 5.75 Å². The lowest BCUT2D eigenvalue weighted by Crippen LogP contribution is -2.45. The van der Waals surface area contributed by atoms with Crippen LogP contribution in [0.4, 0.5) is 10.6 Å². The summed E-state index contributed by atoms with van der Waals surface area (Å²) in [5, 5.41) is 0. The van der Waals surface area contributed by atoms with Crippen molar-refractivity contribution in [1.82, 2.24) is 15.0 Å². The molecule has 2 fully saturated rings. The Morgan fingerprint density at radius 3 is 2.81 bits per heavy atom. The number of imidazole rings is 1. The second-order valence-corrected chi connectivity index (χ2v) is 7.82. The van der Waals surface area contributed by atoms with Crippen LogP contribution in [0.2, 0.25) is 0 Å². The Labute approximate surface area is 176 Å². The largest absolute Gasteiger partial charge is 0.750 e. The van der Waals surface area contributed by atoms with Crippen molar-refractivity contribution in [2.45, 2.75) is 37.6 Å². The molecule has 2 saturated heterocycles. The number of fused-ring (bicyclic) bond motifs is 2. The van der Waals surface area contributed by atoms with Gasteiger partial charge in [0.05, 0.1) is 0 Å². The molecule has 0 radical (unpaired) electrons. The second kappa shape index (κ2) is 7.73. The van der Waals surface area contributed by atoms with Crippen molar-refractivity contribution in [1.29, 1.82) is 0 Å². The van der Waals surface area contributed by atoms with Crippen molar-refractivity contribution in [2.75, 3.05) is 5.73 Å². The van der Waals surface area contributed by atoms with Crippen LogP contribution in [0.15, 0.2) is 43.0 Å². The van der Waals surface area contributed by atoms with Crippen molar-refractivity contribution < 1.29 is 37.2 Å². The molecule has 0 amide bonds. The van der Waals surface area contributed by atoms with Crippen LogP contribution < -0.4 is 14.8 Å². The van der Waals surface area contributed by atoms with Gasteiger partial charge in [0.15, 0.2) is 30.3 Å². The molecule has 12 nitrogen and oxygen atoms in total. The van der Waals surface area contributed by atoms with E-state index in [1.807, 2.05) is 6.07 Å². The number of nitrogens with two attached hydrogens (primary N) is 1. The monoisotopic (exact) mass is 447 g/mol. The van der Waals surface area contributed by atoms with E-state index >= 15 is 0 Å². The summed E-state index contributed by atoms with van der Waals surface area (Å²) in [4.78, 5) is 23.0. The molecule has 1 aromatic carbocycles. The molecule has 0 bridgehead atoms. The first-order chi connectivity index (χ1) is 15.0. The minimum absolute atomic E-state index is 0.265. The SMILES string of the molecule is CC(O[P+](=O)Oc1ccccc1)C1OC([n+]2c[nH]c3c(N)ncnc32)C2OC(=O)OC12. The molecule has 4 heterocycles. The molecule has 2 aromatic heterocycles. The predicted molar refractivity (Wildman–Crippen MR) is 103 cm³/mol. The van der Waals surface area contributed by atoms with E-state index < -0.39 is 45.1 Å². The number of para-hydroxylation sites is 1. The third-order valence-corrected chi connectivity index (χ3v) is 5.92. The van der Waals surface area contributed by atoms with Gasteiger partial charge < -0.3 is 19.9 Å². The lowest BCUT2D eigenvalue weighted by atomic mass is 10.1. The smallest absolute Gasteiger partial charge is 0.424 e. The van der Waals surface area contributed by atoms with Crippen LogP contribution in [0.25, 0.3) is 11.2 Å². The van der Waals surface area contributed by atoms with Gasteiger partial charge in [-0.2, -0.15) is 4.98 Å². The van der Waals surface area contributed by atoms with Gasteiger partial charge >= 0.3 is 20.1 Å². The van der Waals surface area contributed by atoms with Crippen molar-refractivity contribution >= 4 is 31.4 Å². The predicted octanol–water partition coefficient (Wildman–Crippen LogP) is 1.77. The number of nitrogens with one attached hydrogen (secondary N) is 1. The fourth-order valence-electron chi connectivity index (χ4n) is 3.67. The van der Waals surface area contributed by atoms with E-state index in [0.29, 0.717) is 16.9 Å². The molecule has 3 aromatic rings. The van der Waals surface area contributed by atoms with Crippen LogP contribution in [-0.2, 0) is 23.3 Å². The normalized spacial score (nSPS) is 26.2. The summed E-state index contributed by atoms with van der Waals surface area (Å²) in [7, 11) is -2.49. The maximum Gasteiger partial charge on any atom is 0.750 e. The summed E-state index contributed by atoms with van der Waals surface area (Å²) in [5.41, 5.74) is 6.86. The Kier molecular flexibility index (Phi) is 4.89. The summed E-state index contributed by atoms with van der Waals surface area (Å²) < 4.78 is 41.5. The van der Waals surface area contributed by atoms with Gasteiger partial charge in [-0.25, -0.2) is 13.9 Å². The maximum absolute atomic E-state index is 12.3. The fourth-order valence-corrected chi connectivity index (χ4v) is 4.40. The van der Waals surface area contributed by atoms with Gasteiger partial charge in [-0.05, 0) is 19.1 Å². The summed E-state index contributed by atoms with van der Waals surface area (Å²) in [5.74, 6) is 0.669. The van der Waals surface area contributed by atoms with Gasteiger partial charge in [0, 0.05) is 4.57 Å². The molecule has 160 valence electrons. The molecule has 5 rings (SSSR count). The standard InChI is InChI=1S/C18H17N5O7P/c1-9(29-31(25)30-10-5-3-2-4-6-10)12-13-14(28-18(24)27-13)17(26-12)23-8-22-11-15(19)20-7-21-16(11)23/h2-9,12-14,17H,1H3,(H2,19,20,21)/q+1/p+1. The molecular formula is C18H18N5O7P+2. The number of aromatic amines is 1. The van der Waals surface area contributed by atoms with Crippen molar-refractivity contribution in [3.63, 3.8) is 0 Å². The zero-order chi connectivity index (χ0) is 21.5. The number of benzene rings is 1. The number of hydrogen-bond donors (Lipinski definition) is 2. The van der Waals surface area contributed by atoms with Gasteiger partial charge in [-0.15, -0.1) is 4.52 Å². The third kappa shape index (κ3) is 3.54. The molecule has 31 heavy (non-hydrogen) atoms. The molecule has 6 atom stereocenters. The number of nitrogens with zero attached hydrogens (tertiary/aromatic N) is 3. The molecule has 3 N–H and O–H groups in total. The van der Waals surface area contributed by atoms with Crippen LogP contribution >= 0.6 is 8.25 Å². The van der Waals surface area contributed by atoms with Crippen LogP contribution in [0.3, 0.4) is 0 Å². The first-order valence-corrected chi connectivity index (χ1v) is 10.5. The molecule has 0 aliphatic carbocycles. The van der Waals surface area contributed by atoms with Crippen molar-refractivity contribution in [3.8, 4) is 5.75 Å². The highest BCUT2D eigenvalue weighted by Crippen LogP contribution is 2.40. The van der Waals surface area contributed by atoms with E-state index in [9.17, 15) is 9.36 Å². The number of nitrogen functional groups attached to an aromatic ring is 1. The van der Waals surface area contributed by atoms with Gasteiger partial charge in [0.1, 0.15) is 12.2 Å². The molecule has 0 spiro atoms. The zero-order valence-corrected chi connectivity index (χ0v) is 17.0. The quantitative estimate of drug-likeness (QED) is 0.325. The molecule has 2 aliphatic heterocycles. The highest BCUT2D eigenvalue weighted by Gasteiger charge is 2.59. The lowest BCUT2D eigenvalue weighted by molar-refractivity contribution is -0.744.